The normalized spacial score (nSPS) is 11.5. The molecule has 0 saturated heterocycles. The molecule has 1 aromatic heterocycles. The fourth-order valence-electron chi connectivity index (χ4n) is 2.98. The summed E-state index contributed by atoms with van der Waals surface area (Å²) in [6.07, 6.45) is 0.225. The summed E-state index contributed by atoms with van der Waals surface area (Å²) in [6, 6.07) is 12.4. The monoisotopic (exact) mass is 419 g/mol. The van der Waals surface area contributed by atoms with Gasteiger partial charge < -0.3 is 4.74 Å². The Balaban J connectivity index is 2.15. The predicted molar refractivity (Wildman–Crippen MR) is 106 cm³/mol. The number of methoxy groups -OCH3 is 1. The number of nitrogens with zero attached hydrogens (tertiary/aromatic N) is 1. The molecule has 0 atom stereocenters. The molecule has 0 fully saturated rings. The second-order valence-corrected chi connectivity index (χ2v) is 8.49. The molecule has 0 N–H and O–H groups in total. The molecule has 0 aliphatic carbocycles. The van der Waals surface area contributed by atoms with Gasteiger partial charge in [0.2, 0.25) is 0 Å². The quantitative estimate of drug-likeness (QED) is 0.447. The average molecular weight is 420 g/mol. The lowest BCUT2D eigenvalue weighted by atomic mass is 10.2. The van der Waals surface area contributed by atoms with Gasteiger partial charge in [-0.15, -0.1) is 0 Å². The summed E-state index contributed by atoms with van der Waals surface area (Å²) in [5, 5.41) is 1.13. The Morgan fingerprint density at radius 3 is 2.36 bits per heavy atom. The molecule has 8 heteroatoms. The molecule has 0 saturated carbocycles. The molecule has 0 aliphatic rings. The number of Topliss-reactive ketones (excluding diaryl/α,β-unsaturated/α-hetero) is 1. The first-order valence-electron chi connectivity index (χ1n) is 8.47. The molecular formula is C20H18ClNO5S. The number of ether oxygens (including phenoxy) is 1. The van der Waals surface area contributed by atoms with E-state index in [-0.39, 0.29) is 23.5 Å². The Morgan fingerprint density at radius 2 is 1.75 bits per heavy atom. The molecule has 0 spiro atoms. The molecule has 0 radical (unpaired) electrons. The number of ketones is 1. The predicted octanol–water partition coefficient (Wildman–Crippen LogP) is 3.84. The minimum absolute atomic E-state index is 0.0410. The Morgan fingerprint density at radius 1 is 1.07 bits per heavy atom. The minimum Gasteiger partial charge on any atom is -0.469 e. The van der Waals surface area contributed by atoms with E-state index in [2.05, 4.69) is 4.74 Å². The number of carbonyl (C=O) groups excluding carboxylic acids is 2. The number of fused-ring (bicyclic) bond motifs is 1. The van der Waals surface area contributed by atoms with E-state index in [1.54, 1.807) is 24.3 Å². The van der Waals surface area contributed by atoms with E-state index in [1.807, 2.05) is 0 Å². The Bertz CT molecular complexity index is 1160. The third-order valence-corrected chi connectivity index (χ3v) is 6.42. The first-order chi connectivity index (χ1) is 13.2. The zero-order chi connectivity index (χ0) is 20.5. The topological polar surface area (TPSA) is 82.4 Å². The minimum atomic E-state index is -3.95. The lowest BCUT2D eigenvalue weighted by Crippen LogP contribution is -2.16. The van der Waals surface area contributed by atoms with Crippen LogP contribution in [0.1, 0.15) is 29.4 Å². The number of aromatic nitrogens is 1. The summed E-state index contributed by atoms with van der Waals surface area (Å²) in [5.74, 6) is -0.582. The lowest BCUT2D eigenvalue weighted by molar-refractivity contribution is -0.140. The van der Waals surface area contributed by atoms with Crippen LogP contribution in [0.3, 0.4) is 0 Å². The molecule has 146 valence electrons. The van der Waals surface area contributed by atoms with Crippen molar-refractivity contribution in [3.8, 4) is 0 Å². The highest BCUT2D eigenvalue weighted by molar-refractivity contribution is 7.90. The van der Waals surface area contributed by atoms with Crippen molar-refractivity contribution in [2.75, 3.05) is 7.11 Å². The molecule has 0 unspecified atom stereocenters. The fourth-order valence-corrected chi connectivity index (χ4v) is 4.72. The van der Waals surface area contributed by atoms with E-state index in [0.717, 1.165) is 0 Å². The van der Waals surface area contributed by atoms with Crippen LogP contribution in [0.2, 0.25) is 5.02 Å². The third-order valence-electron chi connectivity index (χ3n) is 4.40. The maximum Gasteiger partial charge on any atom is 0.305 e. The van der Waals surface area contributed by atoms with Gasteiger partial charge in [0.25, 0.3) is 10.0 Å². The summed E-state index contributed by atoms with van der Waals surface area (Å²) >= 11 is 6.04. The van der Waals surface area contributed by atoms with E-state index in [0.29, 0.717) is 27.2 Å². The number of halogens is 1. The van der Waals surface area contributed by atoms with Crippen LogP contribution in [0.4, 0.5) is 0 Å². The van der Waals surface area contributed by atoms with E-state index in [4.69, 9.17) is 11.6 Å². The van der Waals surface area contributed by atoms with Crippen LogP contribution in [-0.2, 0) is 26.0 Å². The van der Waals surface area contributed by atoms with Gasteiger partial charge >= 0.3 is 5.97 Å². The average Bonchev–Trinajstić information content (AvgIpc) is 3.04. The summed E-state index contributed by atoms with van der Waals surface area (Å²) < 4.78 is 32.6. The second kappa shape index (κ2) is 7.77. The Kier molecular flexibility index (Phi) is 5.58. The fraction of sp³-hybridized carbons (Fsp3) is 0.200. The van der Waals surface area contributed by atoms with Crippen LogP contribution in [0, 0.1) is 0 Å². The van der Waals surface area contributed by atoms with Crippen molar-refractivity contribution in [2.45, 2.75) is 24.7 Å². The largest absolute Gasteiger partial charge is 0.469 e. The van der Waals surface area contributed by atoms with Gasteiger partial charge in [-0.3, -0.25) is 9.59 Å². The van der Waals surface area contributed by atoms with Crippen molar-refractivity contribution < 1.29 is 22.7 Å². The maximum absolute atomic E-state index is 13.3. The van der Waals surface area contributed by atoms with Crippen LogP contribution in [0.15, 0.2) is 53.4 Å². The van der Waals surface area contributed by atoms with Crippen molar-refractivity contribution in [3.63, 3.8) is 0 Å². The first-order valence-corrected chi connectivity index (χ1v) is 10.3. The van der Waals surface area contributed by atoms with Crippen LogP contribution in [-0.4, -0.2) is 31.3 Å². The van der Waals surface area contributed by atoms with Crippen LogP contribution in [0.25, 0.3) is 10.9 Å². The van der Waals surface area contributed by atoms with Gasteiger partial charge in [0.15, 0.2) is 5.78 Å². The van der Waals surface area contributed by atoms with Crippen molar-refractivity contribution in [1.82, 2.24) is 3.97 Å². The molecule has 0 aliphatic heterocycles. The smallest absolute Gasteiger partial charge is 0.305 e. The van der Waals surface area contributed by atoms with Crippen molar-refractivity contribution in [2.24, 2.45) is 0 Å². The van der Waals surface area contributed by atoms with E-state index >= 15 is 0 Å². The summed E-state index contributed by atoms with van der Waals surface area (Å²) in [6.45, 7) is 1.41. The summed E-state index contributed by atoms with van der Waals surface area (Å²) in [5.41, 5.74) is 1.33. The number of hydrogen-bond donors (Lipinski definition) is 0. The third kappa shape index (κ3) is 3.81. The Labute approximate surface area is 167 Å². The first kappa shape index (κ1) is 20.1. The molecule has 0 amide bonds. The maximum atomic E-state index is 13.3. The number of carbonyl (C=O) groups is 2. The standard InChI is InChI=1S/C20H18ClNO5S/c1-13(23)14-3-7-18(8-4-14)28(25,26)22-17(6-10-20(24)27-2)12-15-11-16(21)5-9-19(15)22/h3-5,7-9,11-12H,6,10H2,1-2H3. The highest BCUT2D eigenvalue weighted by Gasteiger charge is 2.24. The molecule has 28 heavy (non-hydrogen) atoms. The van der Waals surface area contributed by atoms with E-state index in [1.165, 1.54) is 42.3 Å². The highest BCUT2D eigenvalue weighted by Crippen LogP contribution is 2.29. The number of rotatable bonds is 6. The van der Waals surface area contributed by atoms with Gasteiger partial charge in [-0.25, -0.2) is 12.4 Å². The van der Waals surface area contributed by atoms with E-state index in [9.17, 15) is 18.0 Å². The SMILES string of the molecule is COC(=O)CCc1cc2cc(Cl)ccc2n1S(=O)(=O)c1ccc(C(C)=O)cc1. The summed E-state index contributed by atoms with van der Waals surface area (Å²) in [7, 11) is -2.67. The number of aryl methyl sites for hydroxylation is 1. The van der Waals surface area contributed by atoms with Crippen molar-refractivity contribution in [1.29, 1.82) is 0 Å². The molecule has 3 rings (SSSR count). The summed E-state index contributed by atoms with van der Waals surface area (Å²) in [4.78, 5) is 23.1. The van der Waals surface area contributed by atoms with Crippen molar-refractivity contribution in [3.05, 3.63) is 64.8 Å². The molecule has 0 bridgehead atoms. The zero-order valence-electron chi connectivity index (χ0n) is 15.3. The van der Waals surface area contributed by atoms with Crippen LogP contribution < -0.4 is 0 Å². The molecule has 2 aromatic carbocycles. The van der Waals surface area contributed by atoms with Crippen molar-refractivity contribution >= 4 is 44.3 Å². The van der Waals surface area contributed by atoms with Gasteiger partial charge in [0, 0.05) is 21.7 Å². The lowest BCUT2D eigenvalue weighted by Gasteiger charge is -2.12. The van der Waals surface area contributed by atoms with Crippen LogP contribution >= 0.6 is 11.6 Å². The zero-order valence-corrected chi connectivity index (χ0v) is 16.9. The molecule has 6 nitrogen and oxygen atoms in total. The molecule has 1 heterocycles. The molecule has 3 aromatic rings. The number of benzene rings is 2. The van der Waals surface area contributed by atoms with Crippen LogP contribution in [0.5, 0.6) is 0 Å². The second-order valence-electron chi connectivity index (χ2n) is 6.26. The Hall–Kier alpha value is -2.64. The van der Waals surface area contributed by atoms with Gasteiger partial charge in [-0.05, 0) is 49.7 Å². The van der Waals surface area contributed by atoms with Gasteiger partial charge in [0.1, 0.15) is 0 Å². The van der Waals surface area contributed by atoms with Gasteiger partial charge in [-0.1, -0.05) is 23.7 Å². The van der Waals surface area contributed by atoms with Gasteiger partial charge in [-0.2, -0.15) is 0 Å². The number of hydrogen-bond acceptors (Lipinski definition) is 5. The van der Waals surface area contributed by atoms with E-state index < -0.39 is 16.0 Å². The number of esters is 1. The molecular weight excluding hydrogens is 402 g/mol. The highest BCUT2D eigenvalue weighted by atomic mass is 35.5. The van der Waals surface area contributed by atoms with Gasteiger partial charge in [0.05, 0.1) is 23.9 Å².